The first-order chi connectivity index (χ1) is 7.69. The standard InChI is InChI=1S/C13H15NO2/c1-10-9-11(6-7-13(10)16-2)12(15)5-3-4-8-14/h6-7,9H,3-5H2,1-2H3. The molecule has 0 saturated heterocycles. The van der Waals surface area contributed by atoms with Gasteiger partial charge in [0.25, 0.3) is 0 Å². The average molecular weight is 217 g/mol. The molecule has 3 heteroatoms. The second-order valence-electron chi connectivity index (χ2n) is 3.62. The predicted molar refractivity (Wildman–Crippen MR) is 61.5 cm³/mol. The summed E-state index contributed by atoms with van der Waals surface area (Å²) >= 11 is 0. The summed E-state index contributed by atoms with van der Waals surface area (Å²) in [5.41, 5.74) is 1.64. The van der Waals surface area contributed by atoms with E-state index in [1.165, 1.54) is 0 Å². The highest BCUT2D eigenvalue weighted by atomic mass is 16.5. The Hall–Kier alpha value is -1.82. The Morgan fingerprint density at radius 3 is 2.81 bits per heavy atom. The van der Waals surface area contributed by atoms with Gasteiger partial charge in [0.15, 0.2) is 5.78 Å². The number of hydrogen-bond donors (Lipinski definition) is 0. The quantitative estimate of drug-likeness (QED) is 0.563. The highest BCUT2D eigenvalue weighted by molar-refractivity contribution is 5.96. The van der Waals surface area contributed by atoms with E-state index in [-0.39, 0.29) is 5.78 Å². The van der Waals surface area contributed by atoms with Crippen molar-refractivity contribution in [2.75, 3.05) is 7.11 Å². The molecule has 0 aliphatic carbocycles. The van der Waals surface area contributed by atoms with Gasteiger partial charge in [0.1, 0.15) is 5.75 Å². The van der Waals surface area contributed by atoms with E-state index in [1.807, 2.05) is 19.1 Å². The maximum Gasteiger partial charge on any atom is 0.162 e. The van der Waals surface area contributed by atoms with E-state index in [4.69, 9.17) is 10.00 Å². The molecule has 1 aromatic carbocycles. The predicted octanol–water partition coefficient (Wildman–Crippen LogP) is 2.88. The molecule has 0 spiro atoms. The van der Waals surface area contributed by atoms with Crippen molar-refractivity contribution in [2.45, 2.75) is 26.2 Å². The third-order valence-corrected chi connectivity index (χ3v) is 2.41. The van der Waals surface area contributed by atoms with Crippen molar-refractivity contribution in [3.8, 4) is 11.8 Å². The fourth-order valence-corrected chi connectivity index (χ4v) is 1.52. The molecule has 1 aromatic rings. The molecule has 84 valence electrons. The number of carbonyl (C=O) groups excluding carboxylic acids is 1. The molecule has 0 heterocycles. The number of Topliss-reactive ketones (excluding diaryl/α,β-unsaturated/α-hetero) is 1. The van der Waals surface area contributed by atoms with Gasteiger partial charge in [0.05, 0.1) is 13.2 Å². The average Bonchev–Trinajstić information content (AvgIpc) is 2.29. The SMILES string of the molecule is COc1ccc(C(=O)CCCC#N)cc1C. The largest absolute Gasteiger partial charge is 0.496 e. The molecule has 0 aliphatic heterocycles. The molecule has 0 fully saturated rings. The minimum absolute atomic E-state index is 0.0843. The molecule has 0 saturated carbocycles. The van der Waals surface area contributed by atoms with Crippen molar-refractivity contribution in [2.24, 2.45) is 0 Å². The molecule has 0 amide bonds. The third kappa shape index (κ3) is 3.09. The van der Waals surface area contributed by atoms with Crippen LogP contribution < -0.4 is 4.74 Å². The Labute approximate surface area is 95.7 Å². The topological polar surface area (TPSA) is 50.1 Å². The molecule has 0 bridgehead atoms. The number of nitrogens with zero attached hydrogens (tertiary/aromatic N) is 1. The van der Waals surface area contributed by atoms with Gasteiger partial charge in [-0.1, -0.05) is 0 Å². The Balaban J connectivity index is 2.70. The molecule has 0 unspecified atom stereocenters. The van der Waals surface area contributed by atoms with Crippen LogP contribution in [0.25, 0.3) is 0 Å². The zero-order chi connectivity index (χ0) is 12.0. The van der Waals surface area contributed by atoms with Gasteiger partial charge in [-0.3, -0.25) is 4.79 Å². The lowest BCUT2D eigenvalue weighted by molar-refractivity contribution is 0.0980. The van der Waals surface area contributed by atoms with E-state index >= 15 is 0 Å². The van der Waals surface area contributed by atoms with Crippen LogP contribution in [0.2, 0.25) is 0 Å². The minimum atomic E-state index is 0.0843. The van der Waals surface area contributed by atoms with E-state index in [2.05, 4.69) is 0 Å². The summed E-state index contributed by atoms with van der Waals surface area (Å²) < 4.78 is 5.12. The number of carbonyl (C=O) groups is 1. The van der Waals surface area contributed by atoms with Crippen molar-refractivity contribution < 1.29 is 9.53 Å². The van der Waals surface area contributed by atoms with E-state index in [9.17, 15) is 4.79 Å². The first-order valence-corrected chi connectivity index (χ1v) is 5.24. The number of benzene rings is 1. The van der Waals surface area contributed by atoms with Gasteiger partial charge in [0.2, 0.25) is 0 Å². The van der Waals surface area contributed by atoms with Gasteiger partial charge in [-0.05, 0) is 37.1 Å². The molecule has 16 heavy (non-hydrogen) atoms. The van der Waals surface area contributed by atoms with E-state index in [0.717, 1.165) is 11.3 Å². The zero-order valence-electron chi connectivity index (χ0n) is 9.62. The number of rotatable bonds is 5. The van der Waals surface area contributed by atoms with Crippen LogP contribution in [0.4, 0.5) is 0 Å². The zero-order valence-corrected chi connectivity index (χ0v) is 9.62. The summed E-state index contributed by atoms with van der Waals surface area (Å²) in [6.45, 7) is 1.91. The summed E-state index contributed by atoms with van der Waals surface area (Å²) in [7, 11) is 1.61. The molecule has 0 atom stereocenters. The van der Waals surface area contributed by atoms with Gasteiger partial charge >= 0.3 is 0 Å². The lowest BCUT2D eigenvalue weighted by atomic mass is 10.0. The fourth-order valence-electron chi connectivity index (χ4n) is 1.52. The van der Waals surface area contributed by atoms with Crippen molar-refractivity contribution in [3.63, 3.8) is 0 Å². The number of nitriles is 1. The van der Waals surface area contributed by atoms with Crippen LogP contribution in [0.3, 0.4) is 0 Å². The van der Waals surface area contributed by atoms with E-state index in [0.29, 0.717) is 24.8 Å². The first-order valence-electron chi connectivity index (χ1n) is 5.24. The highest BCUT2D eigenvalue weighted by Crippen LogP contribution is 2.19. The molecule has 0 aromatic heterocycles. The van der Waals surface area contributed by atoms with Crippen LogP contribution in [0, 0.1) is 18.3 Å². The second-order valence-corrected chi connectivity index (χ2v) is 3.62. The smallest absolute Gasteiger partial charge is 0.162 e. The number of ether oxygens (including phenoxy) is 1. The maximum atomic E-state index is 11.7. The molecule has 1 rings (SSSR count). The van der Waals surface area contributed by atoms with Gasteiger partial charge < -0.3 is 4.74 Å². The summed E-state index contributed by atoms with van der Waals surface area (Å²) in [5, 5.41) is 8.38. The summed E-state index contributed by atoms with van der Waals surface area (Å²) in [6, 6.07) is 7.42. The molecule has 3 nitrogen and oxygen atoms in total. The third-order valence-electron chi connectivity index (χ3n) is 2.41. The van der Waals surface area contributed by atoms with Gasteiger partial charge in [-0.25, -0.2) is 0 Å². The van der Waals surface area contributed by atoms with E-state index in [1.54, 1.807) is 19.2 Å². The number of hydrogen-bond acceptors (Lipinski definition) is 3. The van der Waals surface area contributed by atoms with Crippen molar-refractivity contribution in [1.29, 1.82) is 5.26 Å². The van der Waals surface area contributed by atoms with E-state index < -0.39 is 0 Å². The van der Waals surface area contributed by atoms with Crippen molar-refractivity contribution in [3.05, 3.63) is 29.3 Å². The van der Waals surface area contributed by atoms with Crippen LogP contribution in [0.1, 0.15) is 35.2 Å². The van der Waals surface area contributed by atoms with Crippen LogP contribution in [0.5, 0.6) is 5.75 Å². The summed E-state index contributed by atoms with van der Waals surface area (Å²) in [5.74, 6) is 0.870. The molecule has 0 N–H and O–H groups in total. The Kier molecular flexibility index (Phi) is 4.53. The van der Waals surface area contributed by atoms with Crippen LogP contribution in [0.15, 0.2) is 18.2 Å². The minimum Gasteiger partial charge on any atom is -0.496 e. The van der Waals surface area contributed by atoms with Gasteiger partial charge in [0, 0.05) is 18.4 Å². The number of aryl methyl sites for hydroxylation is 1. The fraction of sp³-hybridized carbons (Fsp3) is 0.385. The summed E-state index contributed by atoms with van der Waals surface area (Å²) in [6.07, 6.45) is 1.49. The second kappa shape index (κ2) is 5.92. The first kappa shape index (κ1) is 12.3. The Morgan fingerprint density at radius 1 is 1.50 bits per heavy atom. The van der Waals surface area contributed by atoms with Crippen LogP contribution in [-0.4, -0.2) is 12.9 Å². The Bertz CT molecular complexity index is 418. The van der Waals surface area contributed by atoms with Crippen LogP contribution in [-0.2, 0) is 0 Å². The molecule has 0 radical (unpaired) electrons. The van der Waals surface area contributed by atoms with Crippen molar-refractivity contribution >= 4 is 5.78 Å². The van der Waals surface area contributed by atoms with Crippen molar-refractivity contribution in [1.82, 2.24) is 0 Å². The molecular weight excluding hydrogens is 202 g/mol. The lowest BCUT2D eigenvalue weighted by Gasteiger charge is -2.06. The van der Waals surface area contributed by atoms with Gasteiger partial charge in [-0.15, -0.1) is 0 Å². The highest BCUT2D eigenvalue weighted by Gasteiger charge is 2.07. The normalized spacial score (nSPS) is 9.56. The van der Waals surface area contributed by atoms with Crippen LogP contribution >= 0.6 is 0 Å². The van der Waals surface area contributed by atoms with Gasteiger partial charge in [-0.2, -0.15) is 5.26 Å². The molecular formula is C13H15NO2. The number of methoxy groups -OCH3 is 1. The number of ketones is 1. The Morgan fingerprint density at radius 2 is 2.25 bits per heavy atom. The number of unbranched alkanes of at least 4 members (excludes halogenated alkanes) is 1. The monoisotopic (exact) mass is 217 g/mol. The maximum absolute atomic E-state index is 11.7. The lowest BCUT2D eigenvalue weighted by Crippen LogP contribution is -2.00. The summed E-state index contributed by atoms with van der Waals surface area (Å²) in [4.78, 5) is 11.7. The molecule has 0 aliphatic rings.